The minimum absolute atomic E-state index is 0.00121. The fourth-order valence-electron chi connectivity index (χ4n) is 12.0. The number of anilines is 1. The van der Waals surface area contributed by atoms with Crippen molar-refractivity contribution in [1.82, 2.24) is 48.2 Å². The van der Waals surface area contributed by atoms with Crippen LogP contribution in [0.2, 0.25) is 0 Å². The monoisotopic (exact) mass is 963 g/mol. The second-order valence-corrected chi connectivity index (χ2v) is 20.5. The first kappa shape index (κ1) is 46.7. The number of likely N-dealkylation sites (tertiary alicyclic amines) is 1. The van der Waals surface area contributed by atoms with Gasteiger partial charge in [-0.2, -0.15) is 0 Å². The molecule has 16 nitrogen and oxygen atoms in total. The van der Waals surface area contributed by atoms with Gasteiger partial charge in [-0.25, -0.2) is 14.2 Å². The fraction of sp³-hybridized carbons (Fsp3) is 0.444. The number of halogens is 1. The van der Waals surface area contributed by atoms with Crippen molar-refractivity contribution in [3.63, 3.8) is 0 Å². The molecule has 4 aromatic heterocycles. The van der Waals surface area contributed by atoms with Gasteiger partial charge in [0.25, 0.3) is 11.5 Å². The van der Waals surface area contributed by atoms with Crippen LogP contribution in [0.3, 0.4) is 0 Å². The summed E-state index contributed by atoms with van der Waals surface area (Å²) in [6.45, 7) is 12.8. The molecule has 5 aliphatic heterocycles. The number of imide groups is 1. The van der Waals surface area contributed by atoms with Crippen LogP contribution >= 0.6 is 0 Å². The first-order valence-electron chi connectivity index (χ1n) is 25.2. The first-order chi connectivity index (χ1) is 34.3. The third-order valence-corrected chi connectivity index (χ3v) is 16.0. The summed E-state index contributed by atoms with van der Waals surface area (Å²) in [5, 5.41) is 6.59. The summed E-state index contributed by atoms with van der Waals surface area (Å²) in [5.74, 6) is -0.735. The number of hydrogen-bond donors (Lipinski definition) is 2. The smallest absolute Gasteiger partial charge is 0.329 e. The van der Waals surface area contributed by atoms with E-state index in [9.17, 15) is 24.0 Å². The summed E-state index contributed by atoms with van der Waals surface area (Å²) in [7, 11) is 3.74. The number of fused-ring (bicyclic) bond motifs is 3. The molecular formula is C54H62FN11O5. The molecule has 3 amide bonds. The standard InChI is InChI=1S/C54H62FN11O5/c1-33-25-38(27-42(55)49(33)37-13-18-61(19-14-37)32-39-28-41-44(10-17-57-50(41)59(39)3)65-22-15-43-40(53(65)70)9-16-56-43)52(69)63-20-11-35(12-21-63)31-64-24-23-62(29-34(64)2)30-36-5-6-45-47(26-36)60(4)54(71)66(45)46-7-8-48(67)58-51(46)68/h5-6,10,13,15,17,22,25-28,34-35,46,56H,7-9,11-12,14,16,18-21,23-24,29-32H2,1-4H3,(H,58,67,68)/t34-,46-/m0/s1. The summed E-state index contributed by atoms with van der Waals surface area (Å²) in [6, 6.07) is 14.9. The van der Waals surface area contributed by atoms with Crippen molar-refractivity contribution in [2.75, 3.05) is 64.2 Å². The topological polar surface area (TPSA) is 155 Å². The minimum atomic E-state index is -0.706. The average Bonchev–Trinajstić information content (AvgIpc) is 4.04. The highest BCUT2D eigenvalue weighted by molar-refractivity contribution is 6.00. The second kappa shape index (κ2) is 18.8. The molecule has 11 rings (SSSR count). The normalized spacial score (nSPS) is 20.7. The van der Waals surface area contributed by atoms with E-state index in [0.29, 0.717) is 74.0 Å². The van der Waals surface area contributed by atoms with Gasteiger partial charge in [0.05, 0.1) is 16.7 Å². The van der Waals surface area contributed by atoms with E-state index >= 15 is 4.39 Å². The van der Waals surface area contributed by atoms with Crippen molar-refractivity contribution in [3.05, 3.63) is 127 Å². The number of carbonyl (C=O) groups is 3. The van der Waals surface area contributed by atoms with Gasteiger partial charge in [-0.05, 0) is 111 Å². The number of hydrogen-bond acceptors (Lipinski definition) is 10. The summed E-state index contributed by atoms with van der Waals surface area (Å²) in [6.07, 6.45) is 9.43. The molecule has 2 aromatic carbocycles. The van der Waals surface area contributed by atoms with Gasteiger partial charge in [0.15, 0.2) is 0 Å². The molecule has 0 aliphatic carbocycles. The Morgan fingerprint density at radius 1 is 0.859 bits per heavy atom. The Labute approximate surface area is 411 Å². The number of pyridine rings is 2. The van der Waals surface area contributed by atoms with Gasteiger partial charge in [-0.3, -0.25) is 52.9 Å². The van der Waals surface area contributed by atoms with Crippen molar-refractivity contribution in [3.8, 4) is 5.69 Å². The van der Waals surface area contributed by atoms with E-state index in [1.165, 1.54) is 10.6 Å². The molecule has 5 aliphatic rings. The van der Waals surface area contributed by atoms with Crippen molar-refractivity contribution >= 4 is 51.0 Å². The van der Waals surface area contributed by atoms with Crippen molar-refractivity contribution < 1.29 is 18.8 Å². The van der Waals surface area contributed by atoms with Crippen molar-refractivity contribution in [2.45, 2.75) is 77.5 Å². The van der Waals surface area contributed by atoms with Crippen LogP contribution in [-0.2, 0) is 43.2 Å². The SMILES string of the molecule is Cc1cc(C(=O)N2CCC(CN3CCN(Cc4ccc5c(c4)n(C)c(=O)n5[C@H]4CCC(=O)NC4=O)C[C@@H]3C)CC2)cc(F)c1C1=CCN(Cc2cc3c(-n4ccc5c(c4=O)CCN5)ccnc3n2C)CC1. The number of piperidine rings is 2. The molecule has 0 saturated carbocycles. The lowest BCUT2D eigenvalue weighted by atomic mass is 9.92. The number of nitrogens with one attached hydrogen (secondary N) is 2. The molecule has 0 bridgehead atoms. The molecule has 17 heteroatoms. The van der Waals surface area contributed by atoms with Crippen LogP contribution in [0.15, 0.2) is 76.6 Å². The van der Waals surface area contributed by atoms with Gasteiger partial charge in [-0.15, -0.1) is 0 Å². The molecule has 2 N–H and O–H groups in total. The molecule has 2 atom stereocenters. The Morgan fingerprint density at radius 2 is 1.69 bits per heavy atom. The maximum absolute atomic E-state index is 16.1. The van der Waals surface area contributed by atoms with E-state index in [0.717, 1.165) is 115 Å². The zero-order valence-corrected chi connectivity index (χ0v) is 41.0. The molecule has 6 aromatic rings. The highest BCUT2D eigenvalue weighted by Gasteiger charge is 2.33. The minimum Gasteiger partial charge on any atom is -0.384 e. The number of carbonyl (C=O) groups excluding carboxylic acids is 3. The summed E-state index contributed by atoms with van der Waals surface area (Å²) in [5.41, 5.74) is 9.47. The number of rotatable bonds is 10. The Hall–Kier alpha value is -6.69. The number of nitrogens with zero attached hydrogens (tertiary/aromatic N) is 9. The quantitative estimate of drug-likeness (QED) is 0.177. The maximum atomic E-state index is 16.1. The predicted molar refractivity (Wildman–Crippen MR) is 271 cm³/mol. The van der Waals surface area contributed by atoms with Crippen LogP contribution in [0, 0.1) is 18.7 Å². The number of aryl methyl sites for hydroxylation is 3. The largest absolute Gasteiger partial charge is 0.384 e. The number of amides is 3. The lowest BCUT2D eigenvalue weighted by Crippen LogP contribution is -2.53. The van der Waals surface area contributed by atoms with Crippen LogP contribution in [-0.4, -0.2) is 126 Å². The van der Waals surface area contributed by atoms with Crippen LogP contribution in [0.25, 0.3) is 33.3 Å². The van der Waals surface area contributed by atoms with Gasteiger partial charge in [0.2, 0.25) is 11.8 Å². The number of piperazine rings is 1. The number of imidazole rings is 1. The lowest BCUT2D eigenvalue weighted by Gasteiger charge is -2.42. The maximum Gasteiger partial charge on any atom is 0.329 e. The van der Waals surface area contributed by atoms with Gasteiger partial charge in [0.1, 0.15) is 17.5 Å². The Kier molecular flexibility index (Phi) is 12.4. The highest BCUT2D eigenvalue weighted by Crippen LogP contribution is 2.33. The second-order valence-electron chi connectivity index (χ2n) is 20.5. The lowest BCUT2D eigenvalue weighted by molar-refractivity contribution is -0.135. The Morgan fingerprint density at radius 3 is 2.45 bits per heavy atom. The number of benzene rings is 2. The van der Waals surface area contributed by atoms with E-state index in [1.54, 1.807) is 22.4 Å². The molecule has 9 heterocycles. The third kappa shape index (κ3) is 8.71. The van der Waals surface area contributed by atoms with Gasteiger partial charge < -0.3 is 14.8 Å². The average molecular weight is 964 g/mol. The molecule has 3 saturated heterocycles. The Bertz CT molecular complexity index is 3260. The van der Waals surface area contributed by atoms with E-state index < -0.39 is 11.9 Å². The molecule has 3 fully saturated rings. The van der Waals surface area contributed by atoms with Gasteiger partial charge >= 0.3 is 5.69 Å². The van der Waals surface area contributed by atoms with E-state index in [2.05, 4.69) is 54.0 Å². The van der Waals surface area contributed by atoms with Crippen molar-refractivity contribution in [2.24, 2.45) is 20.0 Å². The molecule has 71 heavy (non-hydrogen) atoms. The Balaban J connectivity index is 0.669. The van der Waals surface area contributed by atoms with Crippen molar-refractivity contribution in [1.29, 1.82) is 0 Å². The summed E-state index contributed by atoms with van der Waals surface area (Å²) < 4.78 is 23.0. The summed E-state index contributed by atoms with van der Waals surface area (Å²) >= 11 is 0. The van der Waals surface area contributed by atoms with Crippen LogP contribution in [0.4, 0.5) is 10.1 Å². The van der Waals surface area contributed by atoms with Gasteiger partial charge in [-0.1, -0.05) is 12.1 Å². The van der Waals surface area contributed by atoms with E-state index in [-0.39, 0.29) is 35.3 Å². The zero-order valence-electron chi connectivity index (χ0n) is 41.0. The zero-order chi connectivity index (χ0) is 49.2. The van der Waals surface area contributed by atoms with Crippen LogP contribution in [0.1, 0.15) is 83.4 Å². The molecule has 0 radical (unpaired) electrons. The fourth-order valence-corrected chi connectivity index (χ4v) is 12.0. The number of aromatic nitrogens is 5. The van der Waals surface area contributed by atoms with E-state index in [4.69, 9.17) is 0 Å². The predicted octanol–water partition coefficient (Wildman–Crippen LogP) is 5.12. The molecule has 0 unspecified atom stereocenters. The van der Waals surface area contributed by atoms with Crippen LogP contribution < -0.4 is 21.9 Å². The molecular weight excluding hydrogens is 902 g/mol. The molecule has 370 valence electrons. The van der Waals surface area contributed by atoms with Gasteiger partial charge in [0, 0.05) is 144 Å². The molecule has 0 spiro atoms. The van der Waals surface area contributed by atoms with Crippen LogP contribution in [0.5, 0.6) is 0 Å². The highest BCUT2D eigenvalue weighted by atomic mass is 19.1. The third-order valence-electron chi connectivity index (χ3n) is 16.0. The first-order valence-corrected chi connectivity index (χ1v) is 25.2. The summed E-state index contributed by atoms with van der Waals surface area (Å²) in [4.78, 5) is 78.9. The van der Waals surface area contributed by atoms with E-state index in [1.807, 2.05) is 61.5 Å².